The van der Waals surface area contributed by atoms with E-state index in [9.17, 15) is 9.59 Å². The Balaban J connectivity index is 1.51. The monoisotopic (exact) mass is 548 g/mol. The number of nitrogens with two attached hydrogens (primary N) is 1. The zero-order valence-electron chi connectivity index (χ0n) is 19.7. The molecule has 4 heterocycles. The first-order valence-corrected chi connectivity index (χ1v) is 11.9. The topological polar surface area (TPSA) is 159 Å². The van der Waals surface area contributed by atoms with E-state index in [1.807, 2.05) is 6.07 Å². The Morgan fingerprint density at radius 2 is 1.84 bits per heavy atom. The van der Waals surface area contributed by atoms with Gasteiger partial charge in [-0.25, -0.2) is 9.67 Å². The number of amides is 2. The van der Waals surface area contributed by atoms with Gasteiger partial charge in [0.15, 0.2) is 5.82 Å². The molecule has 0 aliphatic heterocycles. The second-order valence-corrected chi connectivity index (χ2v) is 8.91. The number of primary amides is 1. The van der Waals surface area contributed by atoms with Gasteiger partial charge in [0.1, 0.15) is 17.9 Å². The van der Waals surface area contributed by atoms with Crippen molar-refractivity contribution in [1.29, 1.82) is 0 Å². The third kappa shape index (κ3) is 5.08. The van der Waals surface area contributed by atoms with E-state index in [0.29, 0.717) is 27.8 Å². The number of tetrazole rings is 1. The molecule has 0 aliphatic rings. The lowest BCUT2D eigenvalue weighted by Crippen LogP contribution is -2.21. The predicted octanol–water partition coefficient (Wildman–Crippen LogP) is 3.33. The van der Waals surface area contributed by atoms with Crippen molar-refractivity contribution in [3.8, 4) is 17.3 Å². The molecule has 0 aliphatic carbocycles. The Morgan fingerprint density at radius 3 is 2.58 bits per heavy atom. The summed E-state index contributed by atoms with van der Waals surface area (Å²) < 4.78 is 1.30. The summed E-state index contributed by atoms with van der Waals surface area (Å²) in [4.78, 5) is 35.3. The summed E-state index contributed by atoms with van der Waals surface area (Å²) in [5, 5.41) is 20.3. The number of carbonyl (C=O) groups excluding carboxylic acids is 2. The molecule has 4 aromatic heterocycles. The minimum Gasteiger partial charge on any atom is -0.366 e. The van der Waals surface area contributed by atoms with Crippen molar-refractivity contribution in [2.24, 2.45) is 5.73 Å². The molecule has 0 saturated heterocycles. The third-order valence-electron chi connectivity index (χ3n) is 5.39. The predicted molar refractivity (Wildman–Crippen MR) is 139 cm³/mol. The van der Waals surface area contributed by atoms with Gasteiger partial charge in [-0.15, -0.1) is 10.2 Å². The molecule has 0 atom stereocenters. The number of halogens is 2. The normalized spacial score (nSPS) is 10.9. The second-order valence-electron chi connectivity index (χ2n) is 8.06. The maximum Gasteiger partial charge on any atom is 0.274 e. The highest BCUT2D eigenvalue weighted by Gasteiger charge is 2.23. The molecule has 3 N–H and O–H groups in total. The summed E-state index contributed by atoms with van der Waals surface area (Å²) in [6, 6.07) is 13.2. The lowest BCUT2D eigenvalue weighted by Gasteiger charge is -2.13. The zero-order chi connectivity index (χ0) is 26.8. The van der Waals surface area contributed by atoms with Crippen LogP contribution in [0.25, 0.3) is 17.3 Å². The van der Waals surface area contributed by atoms with Crippen LogP contribution in [0, 0.1) is 6.92 Å². The number of pyridine rings is 2. The van der Waals surface area contributed by atoms with Gasteiger partial charge in [-0.1, -0.05) is 29.3 Å². The van der Waals surface area contributed by atoms with Crippen LogP contribution in [0.1, 0.15) is 32.1 Å². The first-order valence-electron chi connectivity index (χ1n) is 11.1. The molecule has 0 unspecified atom stereocenters. The highest BCUT2D eigenvalue weighted by atomic mass is 35.5. The molecule has 38 heavy (non-hydrogen) atoms. The lowest BCUT2D eigenvalue weighted by molar-refractivity contribution is 0.100. The van der Waals surface area contributed by atoms with E-state index in [-0.39, 0.29) is 34.3 Å². The number of benzene rings is 1. The van der Waals surface area contributed by atoms with E-state index in [2.05, 4.69) is 35.8 Å². The molecule has 2 amide bonds. The summed E-state index contributed by atoms with van der Waals surface area (Å²) in [7, 11) is 0. The summed E-state index contributed by atoms with van der Waals surface area (Å²) in [6.07, 6.45) is 3.15. The number of nitrogens with zero attached hydrogens (tertiary/aromatic N) is 8. The molecule has 0 radical (unpaired) electrons. The molecule has 190 valence electrons. The van der Waals surface area contributed by atoms with Crippen LogP contribution in [0.3, 0.4) is 0 Å². The van der Waals surface area contributed by atoms with Crippen molar-refractivity contribution in [2.75, 3.05) is 5.32 Å². The second kappa shape index (κ2) is 10.4. The van der Waals surface area contributed by atoms with Gasteiger partial charge >= 0.3 is 0 Å². The molecule has 0 fully saturated rings. The summed E-state index contributed by atoms with van der Waals surface area (Å²) >= 11 is 12.5. The van der Waals surface area contributed by atoms with Gasteiger partial charge in [-0.2, -0.15) is 9.90 Å². The van der Waals surface area contributed by atoms with Crippen LogP contribution in [0.5, 0.6) is 0 Å². The van der Waals surface area contributed by atoms with Gasteiger partial charge in [-0.05, 0) is 60.2 Å². The van der Waals surface area contributed by atoms with E-state index in [1.54, 1.807) is 49.5 Å². The number of hydrogen-bond acceptors (Lipinski definition) is 8. The fourth-order valence-electron chi connectivity index (χ4n) is 3.70. The summed E-state index contributed by atoms with van der Waals surface area (Å²) in [5.74, 6) is -0.754. The van der Waals surface area contributed by atoms with Crippen molar-refractivity contribution in [3.05, 3.63) is 93.5 Å². The molecule has 1 aromatic carbocycles. The molecule has 5 aromatic rings. The third-order valence-corrected chi connectivity index (χ3v) is 5.90. The molecular formula is C24H18Cl2N10O2. The number of rotatable bonds is 7. The Morgan fingerprint density at radius 1 is 1.03 bits per heavy atom. The van der Waals surface area contributed by atoms with Crippen molar-refractivity contribution >= 4 is 40.7 Å². The summed E-state index contributed by atoms with van der Waals surface area (Å²) in [5.41, 5.74) is 7.45. The Labute approximate surface area is 225 Å². The van der Waals surface area contributed by atoms with E-state index >= 15 is 0 Å². The van der Waals surface area contributed by atoms with Crippen LogP contribution >= 0.6 is 23.2 Å². The zero-order valence-corrected chi connectivity index (χ0v) is 21.2. The highest BCUT2D eigenvalue weighted by Crippen LogP contribution is 2.27. The number of anilines is 1. The number of carbonyl (C=O) groups is 2. The van der Waals surface area contributed by atoms with Crippen LogP contribution in [0.4, 0.5) is 5.69 Å². The number of hydrogen-bond donors (Lipinski definition) is 2. The first kappa shape index (κ1) is 25.0. The van der Waals surface area contributed by atoms with Gasteiger partial charge in [0.05, 0.1) is 22.0 Å². The van der Waals surface area contributed by atoms with E-state index in [4.69, 9.17) is 28.9 Å². The van der Waals surface area contributed by atoms with Gasteiger partial charge in [-0.3, -0.25) is 14.6 Å². The fourth-order valence-corrected chi connectivity index (χ4v) is 4.17. The van der Waals surface area contributed by atoms with Gasteiger partial charge in [0, 0.05) is 17.4 Å². The fraction of sp³-hybridized carbons (Fsp3) is 0.0833. The van der Waals surface area contributed by atoms with E-state index in [0.717, 1.165) is 0 Å². The van der Waals surface area contributed by atoms with Crippen LogP contribution in [-0.2, 0) is 6.54 Å². The molecule has 0 saturated carbocycles. The number of aromatic nitrogens is 8. The molecule has 14 heteroatoms. The molecule has 0 bridgehead atoms. The summed E-state index contributed by atoms with van der Waals surface area (Å²) in [6.45, 7) is 1.78. The van der Waals surface area contributed by atoms with E-state index in [1.165, 1.54) is 21.7 Å². The van der Waals surface area contributed by atoms with E-state index < -0.39 is 11.8 Å². The number of nitrogens with one attached hydrogen (secondary N) is 1. The lowest BCUT2D eigenvalue weighted by atomic mass is 10.1. The van der Waals surface area contributed by atoms with Crippen LogP contribution in [0.15, 0.2) is 60.9 Å². The average Bonchev–Trinajstić information content (AvgIpc) is 3.54. The smallest absolute Gasteiger partial charge is 0.274 e. The first-order chi connectivity index (χ1) is 18.3. The Bertz CT molecular complexity index is 1670. The van der Waals surface area contributed by atoms with Crippen LogP contribution < -0.4 is 11.1 Å². The Kier molecular flexibility index (Phi) is 6.81. The average molecular weight is 549 g/mol. The molecular weight excluding hydrogens is 531 g/mol. The van der Waals surface area contributed by atoms with Crippen LogP contribution in [0.2, 0.25) is 10.0 Å². The van der Waals surface area contributed by atoms with Gasteiger partial charge < -0.3 is 11.1 Å². The standard InChI is InChI=1S/C24H18Cl2N10O2/c1-13-9-14(25)10-16(21(27)37)20(13)30-24(38)19-11-15(32-36(19)23-17(26)5-4-8-29-23)12-35-33-22(31-34-35)18-6-2-3-7-28-18/h2-11H,12H2,1H3,(H2,27,37)(H,30,38). The van der Waals surface area contributed by atoms with Crippen molar-refractivity contribution in [2.45, 2.75) is 13.5 Å². The molecule has 0 spiro atoms. The minimum absolute atomic E-state index is 0.0689. The quantitative estimate of drug-likeness (QED) is 0.313. The van der Waals surface area contributed by atoms with Crippen molar-refractivity contribution in [3.63, 3.8) is 0 Å². The maximum absolute atomic E-state index is 13.5. The molecule has 5 rings (SSSR count). The highest BCUT2D eigenvalue weighted by molar-refractivity contribution is 6.32. The van der Waals surface area contributed by atoms with Crippen molar-refractivity contribution < 1.29 is 9.59 Å². The van der Waals surface area contributed by atoms with Crippen molar-refractivity contribution in [1.82, 2.24) is 40.0 Å². The maximum atomic E-state index is 13.5. The minimum atomic E-state index is -0.742. The largest absolute Gasteiger partial charge is 0.366 e. The molecule has 12 nitrogen and oxygen atoms in total. The van der Waals surface area contributed by atoms with Gasteiger partial charge in [0.2, 0.25) is 5.82 Å². The van der Waals surface area contributed by atoms with Gasteiger partial charge in [0.25, 0.3) is 11.8 Å². The Hall–Kier alpha value is -4.68. The number of aryl methyl sites for hydroxylation is 1. The van der Waals surface area contributed by atoms with Crippen LogP contribution in [-0.4, -0.2) is 51.8 Å². The SMILES string of the molecule is Cc1cc(Cl)cc(C(N)=O)c1NC(=O)c1cc(Cn2nnc(-c3ccccn3)n2)nn1-c1ncccc1Cl.